The second-order valence-corrected chi connectivity index (χ2v) is 8.21. The molecule has 1 aliphatic rings. The molecule has 0 bridgehead atoms. The number of benzene rings is 2. The van der Waals surface area contributed by atoms with Crippen LogP contribution in [0.2, 0.25) is 0 Å². The van der Waals surface area contributed by atoms with E-state index >= 15 is 0 Å². The molecule has 1 saturated heterocycles. The molecule has 0 aromatic heterocycles. The van der Waals surface area contributed by atoms with Gasteiger partial charge in [-0.2, -0.15) is 0 Å². The zero-order chi connectivity index (χ0) is 23.1. The van der Waals surface area contributed by atoms with Gasteiger partial charge < -0.3 is 25.6 Å². The van der Waals surface area contributed by atoms with Gasteiger partial charge in [-0.1, -0.05) is 54.6 Å². The Balaban J connectivity index is 2.08. The third-order valence-corrected chi connectivity index (χ3v) is 6.36. The maximum absolute atomic E-state index is 13.0. The van der Waals surface area contributed by atoms with E-state index in [9.17, 15) is 19.8 Å². The maximum atomic E-state index is 13.0. The highest BCUT2D eigenvalue weighted by atomic mass is 16.5. The van der Waals surface area contributed by atoms with E-state index in [4.69, 9.17) is 10.5 Å². The number of anilines is 1. The largest absolute Gasteiger partial charge is 0.481 e. The number of ether oxygens (including phenoxy) is 1. The molecule has 0 aliphatic carbocycles. The van der Waals surface area contributed by atoms with Gasteiger partial charge in [0.25, 0.3) is 0 Å². The van der Waals surface area contributed by atoms with Crippen molar-refractivity contribution in [3.05, 3.63) is 71.8 Å². The van der Waals surface area contributed by atoms with Gasteiger partial charge in [-0.25, -0.2) is 4.79 Å². The van der Waals surface area contributed by atoms with Crippen LogP contribution in [0.1, 0.15) is 24.0 Å². The van der Waals surface area contributed by atoms with E-state index in [0.717, 1.165) is 5.56 Å². The Morgan fingerprint density at radius 3 is 2.47 bits per heavy atom. The van der Waals surface area contributed by atoms with Gasteiger partial charge in [-0.3, -0.25) is 4.79 Å². The third kappa shape index (κ3) is 4.78. The number of carboxylic acids is 1. The van der Waals surface area contributed by atoms with E-state index in [1.165, 1.54) is 4.90 Å². The van der Waals surface area contributed by atoms with E-state index in [-0.39, 0.29) is 13.1 Å². The summed E-state index contributed by atoms with van der Waals surface area (Å²) in [5.41, 5.74) is 6.82. The van der Waals surface area contributed by atoms with Crippen molar-refractivity contribution >= 4 is 23.8 Å². The number of amides is 1. The minimum atomic E-state index is -1.29. The van der Waals surface area contributed by atoms with Crippen molar-refractivity contribution in [1.29, 1.82) is 0 Å². The van der Waals surface area contributed by atoms with Crippen molar-refractivity contribution in [3.63, 3.8) is 0 Å². The second kappa shape index (κ2) is 10.3. The number of hydrogen-bond acceptors (Lipinski definition) is 4. The molecule has 4 N–H and O–H groups in total. The first kappa shape index (κ1) is 23.3. The Bertz CT molecular complexity index is 962. The Labute approximate surface area is 188 Å². The maximum Gasteiger partial charge on any atom is 0.407 e. The topological polar surface area (TPSA) is 113 Å². The summed E-state index contributed by atoms with van der Waals surface area (Å²) in [5.74, 6) is -1.91. The van der Waals surface area contributed by atoms with Crippen LogP contribution < -0.4 is 5.73 Å². The van der Waals surface area contributed by atoms with E-state index < -0.39 is 29.3 Å². The first-order valence-corrected chi connectivity index (χ1v) is 10.7. The summed E-state index contributed by atoms with van der Waals surface area (Å²) >= 11 is 0. The lowest BCUT2D eigenvalue weighted by molar-refractivity contribution is -0.153. The van der Waals surface area contributed by atoms with Crippen LogP contribution in [0.5, 0.6) is 0 Å². The normalized spacial score (nSPS) is 23.3. The molecule has 32 heavy (non-hydrogen) atoms. The number of aliphatic carboxylic acids is 1. The predicted molar refractivity (Wildman–Crippen MR) is 123 cm³/mol. The van der Waals surface area contributed by atoms with Gasteiger partial charge in [0, 0.05) is 38.4 Å². The number of allylic oxidation sites excluding steroid dienone is 1. The van der Waals surface area contributed by atoms with Crippen molar-refractivity contribution in [2.45, 2.75) is 18.3 Å². The minimum absolute atomic E-state index is 0.124. The minimum Gasteiger partial charge on any atom is -0.481 e. The van der Waals surface area contributed by atoms with Crippen LogP contribution >= 0.6 is 0 Å². The Hall–Kier alpha value is -3.32. The van der Waals surface area contributed by atoms with Gasteiger partial charge in [-0.05, 0) is 42.0 Å². The summed E-state index contributed by atoms with van der Waals surface area (Å²) in [4.78, 5) is 26.2. The van der Waals surface area contributed by atoms with Gasteiger partial charge in [-0.15, -0.1) is 0 Å². The highest BCUT2D eigenvalue weighted by Crippen LogP contribution is 2.47. The zero-order valence-corrected chi connectivity index (χ0v) is 18.2. The smallest absolute Gasteiger partial charge is 0.407 e. The van der Waals surface area contributed by atoms with Crippen LogP contribution in [0.15, 0.2) is 60.7 Å². The third-order valence-electron chi connectivity index (χ3n) is 6.36. The molecule has 3 unspecified atom stereocenters. The molecule has 0 radical (unpaired) electrons. The number of nitrogen functional groups attached to an aromatic ring is 1. The van der Waals surface area contributed by atoms with Gasteiger partial charge in [0.15, 0.2) is 0 Å². The van der Waals surface area contributed by atoms with Crippen LogP contribution in [0, 0.1) is 11.8 Å². The van der Waals surface area contributed by atoms with Gasteiger partial charge in [0.2, 0.25) is 0 Å². The quantitative estimate of drug-likeness (QED) is 0.538. The summed E-state index contributed by atoms with van der Waals surface area (Å²) < 4.78 is 5.25. The number of hydrogen-bond donors (Lipinski definition) is 3. The molecular formula is C25H30N2O5. The number of nitrogens with zero attached hydrogens (tertiary/aromatic N) is 1. The van der Waals surface area contributed by atoms with Crippen LogP contribution in [-0.4, -0.2) is 54.0 Å². The van der Waals surface area contributed by atoms with Crippen molar-refractivity contribution in [2.75, 3.05) is 32.5 Å². The molecule has 7 heteroatoms. The highest BCUT2D eigenvalue weighted by molar-refractivity contribution is 5.84. The number of carbonyl (C=O) groups is 2. The van der Waals surface area contributed by atoms with Crippen LogP contribution in [0.4, 0.5) is 10.5 Å². The second-order valence-electron chi connectivity index (χ2n) is 8.21. The fourth-order valence-electron chi connectivity index (χ4n) is 4.90. The SMILES string of the molecule is COCCC1CN(C(=O)O)CC(C/C=C/c2ccccc2)C1(C(=O)O)c1cccc(N)c1. The molecule has 2 aromatic rings. The number of nitrogens with two attached hydrogens (primary N) is 1. The molecule has 2 aromatic carbocycles. The summed E-state index contributed by atoms with van der Waals surface area (Å²) in [5, 5.41) is 20.4. The summed E-state index contributed by atoms with van der Waals surface area (Å²) in [7, 11) is 1.56. The Morgan fingerprint density at radius 2 is 1.84 bits per heavy atom. The molecule has 3 rings (SSSR count). The average Bonchev–Trinajstić information content (AvgIpc) is 2.77. The van der Waals surface area contributed by atoms with Crippen molar-refractivity contribution in [2.24, 2.45) is 11.8 Å². The van der Waals surface area contributed by atoms with E-state index in [2.05, 4.69) is 0 Å². The number of piperidine rings is 1. The highest BCUT2D eigenvalue weighted by Gasteiger charge is 2.56. The van der Waals surface area contributed by atoms with Gasteiger partial charge in [0.05, 0.1) is 0 Å². The van der Waals surface area contributed by atoms with Crippen LogP contribution in [-0.2, 0) is 14.9 Å². The molecule has 1 heterocycles. The van der Waals surface area contributed by atoms with Gasteiger partial charge >= 0.3 is 12.1 Å². The molecule has 1 amide bonds. The summed E-state index contributed by atoms with van der Waals surface area (Å²) in [6, 6.07) is 16.7. The first-order valence-electron chi connectivity index (χ1n) is 10.7. The lowest BCUT2D eigenvalue weighted by Crippen LogP contribution is -2.61. The monoisotopic (exact) mass is 438 g/mol. The molecule has 170 valence electrons. The van der Waals surface area contributed by atoms with Crippen molar-refractivity contribution in [3.8, 4) is 0 Å². The molecule has 7 nitrogen and oxygen atoms in total. The summed E-state index contributed by atoms with van der Waals surface area (Å²) in [6.45, 7) is 0.583. The summed E-state index contributed by atoms with van der Waals surface area (Å²) in [6.07, 6.45) is 3.65. The Kier molecular flexibility index (Phi) is 7.53. The first-order chi connectivity index (χ1) is 15.4. The van der Waals surface area contributed by atoms with Crippen molar-refractivity contribution in [1.82, 2.24) is 4.90 Å². The number of likely N-dealkylation sites (tertiary alicyclic amines) is 1. The van der Waals surface area contributed by atoms with E-state index in [1.54, 1.807) is 31.4 Å². The molecule has 1 aliphatic heterocycles. The number of carboxylic acid groups (broad SMARTS) is 2. The van der Waals surface area contributed by atoms with Gasteiger partial charge in [0.1, 0.15) is 5.41 Å². The van der Waals surface area contributed by atoms with Crippen LogP contribution in [0.3, 0.4) is 0 Å². The molecular weight excluding hydrogens is 408 g/mol. The fraction of sp³-hybridized carbons (Fsp3) is 0.360. The van der Waals surface area contributed by atoms with E-state index in [1.807, 2.05) is 42.5 Å². The molecule has 1 fully saturated rings. The lowest BCUT2D eigenvalue weighted by atomic mass is 9.58. The lowest BCUT2D eigenvalue weighted by Gasteiger charge is -2.50. The Morgan fingerprint density at radius 1 is 1.12 bits per heavy atom. The van der Waals surface area contributed by atoms with Crippen molar-refractivity contribution < 1.29 is 24.5 Å². The standard InChI is InChI=1S/C25H30N2O5/c1-32-14-13-21-17-27(24(30)31)16-20(11-5-9-18-7-3-2-4-8-18)25(21,23(28)29)19-10-6-12-22(26)15-19/h2-10,12,15,20-21H,11,13-14,16-17,26H2,1H3,(H,28,29)(H,30,31)/b9-5+. The van der Waals surface area contributed by atoms with Crippen LogP contribution in [0.25, 0.3) is 6.08 Å². The zero-order valence-electron chi connectivity index (χ0n) is 18.2. The predicted octanol–water partition coefficient (Wildman–Crippen LogP) is 3.96. The number of methoxy groups -OCH3 is 1. The fourth-order valence-corrected chi connectivity index (χ4v) is 4.90. The molecule has 0 spiro atoms. The molecule has 0 saturated carbocycles. The van der Waals surface area contributed by atoms with E-state index in [0.29, 0.717) is 30.7 Å². The molecule has 3 atom stereocenters. The average molecular weight is 439 g/mol. The number of rotatable bonds is 8.